The standard InChI is InChI=1S/C16H19NO4/c1-9(2)20-16(19)15-10(3)17(5)14-7-6-12(8-13(14)15)21-11(4)18/h6-9H,1-5H3. The molecule has 0 spiro atoms. The Morgan fingerprint density at radius 1 is 1.24 bits per heavy atom. The smallest absolute Gasteiger partial charge is 0.340 e. The Balaban J connectivity index is 2.59. The molecule has 0 radical (unpaired) electrons. The molecule has 5 heteroatoms. The van der Waals surface area contributed by atoms with Crippen molar-refractivity contribution in [1.29, 1.82) is 0 Å². The van der Waals surface area contributed by atoms with Crippen LogP contribution in [0.1, 0.15) is 36.8 Å². The highest BCUT2D eigenvalue weighted by Gasteiger charge is 2.21. The van der Waals surface area contributed by atoms with Crippen molar-refractivity contribution in [2.24, 2.45) is 7.05 Å². The Hall–Kier alpha value is -2.30. The van der Waals surface area contributed by atoms with Crippen LogP contribution in [-0.2, 0) is 16.6 Å². The van der Waals surface area contributed by atoms with Crippen LogP contribution in [-0.4, -0.2) is 22.6 Å². The molecule has 5 nitrogen and oxygen atoms in total. The maximum Gasteiger partial charge on any atom is 0.340 e. The number of fused-ring (bicyclic) bond motifs is 1. The monoisotopic (exact) mass is 289 g/mol. The van der Waals surface area contributed by atoms with E-state index < -0.39 is 5.97 Å². The molecule has 0 bridgehead atoms. The molecule has 0 amide bonds. The molecule has 0 aliphatic carbocycles. The van der Waals surface area contributed by atoms with Crippen molar-refractivity contribution in [3.8, 4) is 5.75 Å². The van der Waals surface area contributed by atoms with Crippen LogP contribution in [0.2, 0.25) is 0 Å². The number of carbonyl (C=O) groups excluding carboxylic acids is 2. The van der Waals surface area contributed by atoms with E-state index in [-0.39, 0.29) is 12.1 Å². The van der Waals surface area contributed by atoms with Gasteiger partial charge in [0, 0.05) is 30.6 Å². The molecule has 1 aromatic heterocycles. The van der Waals surface area contributed by atoms with Crippen LogP contribution in [0.3, 0.4) is 0 Å². The van der Waals surface area contributed by atoms with Gasteiger partial charge in [0.1, 0.15) is 5.75 Å². The van der Waals surface area contributed by atoms with E-state index in [1.165, 1.54) is 6.92 Å². The maximum absolute atomic E-state index is 12.3. The number of benzene rings is 1. The van der Waals surface area contributed by atoms with E-state index in [2.05, 4.69) is 0 Å². The summed E-state index contributed by atoms with van der Waals surface area (Å²) >= 11 is 0. The van der Waals surface area contributed by atoms with E-state index in [0.29, 0.717) is 11.3 Å². The van der Waals surface area contributed by atoms with Gasteiger partial charge >= 0.3 is 11.9 Å². The summed E-state index contributed by atoms with van der Waals surface area (Å²) < 4.78 is 12.3. The predicted octanol–water partition coefficient (Wildman–Crippen LogP) is 2.98. The molecule has 0 saturated heterocycles. The fourth-order valence-electron chi connectivity index (χ4n) is 2.31. The van der Waals surface area contributed by atoms with Crippen molar-refractivity contribution in [2.75, 3.05) is 0 Å². The van der Waals surface area contributed by atoms with Crippen molar-refractivity contribution < 1.29 is 19.1 Å². The van der Waals surface area contributed by atoms with Gasteiger partial charge < -0.3 is 14.0 Å². The minimum absolute atomic E-state index is 0.191. The van der Waals surface area contributed by atoms with Crippen LogP contribution in [0, 0.1) is 6.92 Å². The summed E-state index contributed by atoms with van der Waals surface area (Å²) in [6, 6.07) is 5.23. The van der Waals surface area contributed by atoms with E-state index in [1.54, 1.807) is 12.1 Å². The lowest BCUT2D eigenvalue weighted by Gasteiger charge is -2.08. The first kappa shape index (κ1) is 15.1. The fourth-order valence-corrected chi connectivity index (χ4v) is 2.31. The summed E-state index contributed by atoms with van der Waals surface area (Å²) in [5.74, 6) is -0.347. The highest BCUT2D eigenvalue weighted by molar-refractivity contribution is 6.06. The van der Waals surface area contributed by atoms with Gasteiger partial charge in [0.2, 0.25) is 0 Å². The molecule has 0 fully saturated rings. The second-order valence-corrected chi connectivity index (χ2v) is 5.25. The summed E-state index contributed by atoms with van der Waals surface area (Å²) in [7, 11) is 1.88. The van der Waals surface area contributed by atoms with E-state index in [1.807, 2.05) is 38.5 Å². The molecule has 1 heterocycles. The summed E-state index contributed by atoms with van der Waals surface area (Å²) in [6.07, 6.45) is -0.191. The van der Waals surface area contributed by atoms with E-state index >= 15 is 0 Å². The first-order valence-electron chi connectivity index (χ1n) is 6.79. The zero-order chi connectivity index (χ0) is 15.7. The minimum atomic E-state index is -0.395. The van der Waals surface area contributed by atoms with Gasteiger partial charge in [-0.15, -0.1) is 0 Å². The molecule has 2 rings (SSSR count). The highest BCUT2D eigenvalue weighted by Crippen LogP contribution is 2.29. The summed E-state index contributed by atoms with van der Waals surface area (Å²) in [6.45, 7) is 6.82. The van der Waals surface area contributed by atoms with Gasteiger partial charge in [-0.05, 0) is 39.0 Å². The topological polar surface area (TPSA) is 57.5 Å². The van der Waals surface area contributed by atoms with Gasteiger partial charge in [0.25, 0.3) is 0 Å². The van der Waals surface area contributed by atoms with Crippen molar-refractivity contribution in [3.05, 3.63) is 29.5 Å². The lowest BCUT2D eigenvalue weighted by atomic mass is 10.1. The first-order valence-corrected chi connectivity index (χ1v) is 6.79. The number of aromatic nitrogens is 1. The lowest BCUT2D eigenvalue weighted by Crippen LogP contribution is -2.12. The average Bonchev–Trinajstić information content (AvgIpc) is 2.60. The van der Waals surface area contributed by atoms with Crippen LogP contribution < -0.4 is 4.74 Å². The molecule has 0 aliphatic heterocycles. The summed E-state index contributed by atoms with van der Waals surface area (Å²) in [5, 5.41) is 0.722. The van der Waals surface area contributed by atoms with Gasteiger partial charge in [-0.2, -0.15) is 0 Å². The molecule has 0 saturated carbocycles. The molecular formula is C16H19NO4. The molecule has 1 aromatic carbocycles. The zero-order valence-corrected chi connectivity index (χ0v) is 12.9. The normalized spacial score (nSPS) is 11.0. The average molecular weight is 289 g/mol. The van der Waals surface area contributed by atoms with Gasteiger partial charge in [0.15, 0.2) is 0 Å². The molecule has 0 aliphatic rings. The van der Waals surface area contributed by atoms with Crippen LogP contribution in [0.4, 0.5) is 0 Å². The third-order valence-corrected chi connectivity index (χ3v) is 3.27. The predicted molar refractivity (Wildman–Crippen MR) is 79.5 cm³/mol. The van der Waals surface area contributed by atoms with E-state index in [9.17, 15) is 9.59 Å². The maximum atomic E-state index is 12.3. The Morgan fingerprint density at radius 2 is 1.90 bits per heavy atom. The highest BCUT2D eigenvalue weighted by atomic mass is 16.5. The summed E-state index contributed by atoms with van der Waals surface area (Å²) in [5.41, 5.74) is 2.21. The Labute approximate surface area is 123 Å². The van der Waals surface area contributed by atoms with Crippen molar-refractivity contribution in [2.45, 2.75) is 33.8 Å². The molecule has 21 heavy (non-hydrogen) atoms. The fraction of sp³-hybridized carbons (Fsp3) is 0.375. The van der Waals surface area contributed by atoms with Gasteiger partial charge in [-0.1, -0.05) is 0 Å². The number of carbonyl (C=O) groups is 2. The van der Waals surface area contributed by atoms with Crippen molar-refractivity contribution >= 4 is 22.8 Å². The third kappa shape index (κ3) is 2.91. The number of ether oxygens (including phenoxy) is 2. The number of esters is 2. The van der Waals surface area contributed by atoms with Crippen LogP contribution in [0.5, 0.6) is 5.75 Å². The Bertz CT molecular complexity index is 713. The number of hydrogen-bond donors (Lipinski definition) is 0. The Kier molecular flexibility index (Phi) is 4.02. The van der Waals surface area contributed by atoms with Gasteiger partial charge in [0.05, 0.1) is 11.7 Å². The first-order chi connectivity index (χ1) is 9.81. The van der Waals surface area contributed by atoms with Crippen molar-refractivity contribution in [3.63, 3.8) is 0 Å². The second-order valence-electron chi connectivity index (χ2n) is 5.25. The largest absolute Gasteiger partial charge is 0.459 e. The van der Waals surface area contributed by atoms with E-state index in [0.717, 1.165) is 16.6 Å². The van der Waals surface area contributed by atoms with Gasteiger partial charge in [-0.3, -0.25) is 4.79 Å². The molecule has 112 valence electrons. The van der Waals surface area contributed by atoms with Crippen LogP contribution in [0.15, 0.2) is 18.2 Å². The summed E-state index contributed by atoms with van der Waals surface area (Å²) in [4.78, 5) is 23.4. The minimum Gasteiger partial charge on any atom is -0.459 e. The quantitative estimate of drug-likeness (QED) is 0.644. The number of hydrogen-bond acceptors (Lipinski definition) is 4. The van der Waals surface area contributed by atoms with Crippen LogP contribution >= 0.6 is 0 Å². The SMILES string of the molecule is CC(=O)Oc1ccc2c(c1)c(C(=O)OC(C)C)c(C)n2C. The van der Waals surface area contributed by atoms with Crippen LogP contribution in [0.25, 0.3) is 10.9 Å². The lowest BCUT2D eigenvalue weighted by molar-refractivity contribution is -0.131. The van der Waals surface area contributed by atoms with E-state index in [4.69, 9.17) is 9.47 Å². The Morgan fingerprint density at radius 3 is 2.48 bits per heavy atom. The number of nitrogens with zero attached hydrogens (tertiary/aromatic N) is 1. The molecule has 0 unspecified atom stereocenters. The zero-order valence-electron chi connectivity index (χ0n) is 12.9. The molecular weight excluding hydrogens is 270 g/mol. The molecule has 2 aromatic rings. The number of aryl methyl sites for hydroxylation is 1. The van der Waals surface area contributed by atoms with Gasteiger partial charge in [-0.25, -0.2) is 4.79 Å². The second kappa shape index (κ2) is 5.60. The van der Waals surface area contributed by atoms with Crippen molar-refractivity contribution in [1.82, 2.24) is 4.57 Å². The molecule has 0 N–H and O–H groups in total. The number of rotatable bonds is 3. The third-order valence-electron chi connectivity index (χ3n) is 3.27. The molecule has 0 atom stereocenters.